The molecule has 1 heterocycles. The second-order valence-corrected chi connectivity index (χ2v) is 5.40. The van der Waals surface area contributed by atoms with Gasteiger partial charge in [0.05, 0.1) is 13.2 Å². The Morgan fingerprint density at radius 3 is 2.76 bits per heavy atom. The summed E-state index contributed by atoms with van der Waals surface area (Å²) in [7, 11) is 0. The number of aromatic nitrogens is 1. The number of carboxylic acids is 1. The van der Waals surface area contributed by atoms with Crippen molar-refractivity contribution in [3.8, 4) is 0 Å². The van der Waals surface area contributed by atoms with E-state index in [1.807, 2.05) is 30.3 Å². The van der Waals surface area contributed by atoms with Gasteiger partial charge in [-0.15, -0.1) is 0 Å². The Hall–Kier alpha value is -3.19. The number of benzene rings is 2. The fraction of sp³-hybridized carbons (Fsp3) is 0.167. The standard InChI is InChI=1S/C18H16N2O5/c21-17(13-6-7-16-14(8-13)19-11-25-16)20-15(18(22)23)10-24-9-12-4-2-1-3-5-12/h1-8,11,15H,9-10H2,(H,20,21)(H,22,23). The smallest absolute Gasteiger partial charge is 0.328 e. The van der Waals surface area contributed by atoms with Crippen molar-refractivity contribution >= 4 is 23.0 Å². The van der Waals surface area contributed by atoms with E-state index in [0.717, 1.165) is 5.56 Å². The Labute approximate surface area is 143 Å². The molecule has 0 saturated carbocycles. The maximum Gasteiger partial charge on any atom is 0.328 e. The molecule has 3 aromatic rings. The van der Waals surface area contributed by atoms with Crippen LogP contribution in [0.25, 0.3) is 11.1 Å². The molecule has 1 amide bonds. The van der Waals surface area contributed by atoms with E-state index >= 15 is 0 Å². The average molecular weight is 340 g/mol. The van der Waals surface area contributed by atoms with Gasteiger partial charge >= 0.3 is 5.97 Å². The number of aliphatic carboxylic acids is 1. The molecule has 3 rings (SSSR count). The van der Waals surface area contributed by atoms with Crippen LogP contribution in [0.2, 0.25) is 0 Å². The number of rotatable bonds is 7. The van der Waals surface area contributed by atoms with Crippen LogP contribution in [0.5, 0.6) is 0 Å². The van der Waals surface area contributed by atoms with E-state index in [1.165, 1.54) is 12.5 Å². The summed E-state index contributed by atoms with van der Waals surface area (Å²) in [6.07, 6.45) is 1.28. The van der Waals surface area contributed by atoms with E-state index in [9.17, 15) is 14.7 Å². The molecule has 7 nitrogen and oxygen atoms in total. The Morgan fingerprint density at radius 2 is 2.00 bits per heavy atom. The maximum absolute atomic E-state index is 12.3. The van der Waals surface area contributed by atoms with Crippen molar-refractivity contribution in [3.05, 3.63) is 66.1 Å². The summed E-state index contributed by atoms with van der Waals surface area (Å²) in [5.41, 5.74) is 2.31. The third kappa shape index (κ3) is 4.21. The first-order chi connectivity index (χ1) is 12.1. The van der Waals surface area contributed by atoms with Gasteiger partial charge in [0, 0.05) is 5.56 Å². The Morgan fingerprint density at radius 1 is 1.20 bits per heavy atom. The van der Waals surface area contributed by atoms with Crippen molar-refractivity contribution in [2.75, 3.05) is 6.61 Å². The lowest BCUT2D eigenvalue weighted by atomic mass is 10.2. The van der Waals surface area contributed by atoms with Gasteiger partial charge in [0.15, 0.2) is 18.0 Å². The predicted molar refractivity (Wildman–Crippen MR) is 89.0 cm³/mol. The number of carbonyl (C=O) groups excluding carboxylic acids is 1. The van der Waals surface area contributed by atoms with Gasteiger partial charge in [0.25, 0.3) is 5.91 Å². The van der Waals surface area contributed by atoms with Gasteiger partial charge in [-0.3, -0.25) is 4.79 Å². The quantitative estimate of drug-likeness (QED) is 0.684. The highest BCUT2D eigenvalue weighted by molar-refractivity contribution is 5.98. The number of hydrogen-bond acceptors (Lipinski definition) is 5. The summed E-state index contributed by atoms with van der Waals surface area (Å²) in [6, 6.07) is 12.9. The molecule has 0 saturated heterocycles. The molecular weight excluding hydrogens is 324 g/mol. The van der Waals surface area contributed by atoms with Crippen LogP contribution in [0.1, 0.15) is 15.9 Å². The van der Waals surface area contributed by atoms with E-state index in [2.05, 4.69) is 10.3 Å². The topological polar surface area (TPSA) is 102 Å². The molecule has 0 aliphatic rings. The van der Waals surface area contributed by atoms with Gasteiger partial charge in [-0.05, 0) is 23.8 Å². The number of ether oxygens (including phenoxy) is 1. The Balaban J connectivity index is 1.60. The number of carbonyl (C=O) groups is 2. The molecule has 0 radical (unpaired) electrons. The van der Waals surface area contributed by atoms with Crippen LogP contribution in [0, 0.1) is 0 Å². The minimum Gasteiger partial charge on any atom is -0.480 e. The number of nitrogens with one attached hydrogen (secondary N) is 1. The van der Waals surface area contributed by atoms with Gasteiger partial charge < -0.3 is 19.6 Å². The van der Waals surface area contributed by atoms with Crippen molar-refractivity contribution in [1.82, 2.24) is 10.3 Å². The summed E-state index contributed by atoms with van der Waals surface area (Å²) in [5, 5.41) is 11.7. The molecule has 1 atom stereocenters. The monoisotopic (exact) mass is 340 g/mol. The number of hydrogen-bond donors (Lipinski definition) is 2. The lowest BCUT2D eigenvalue weighted by molar-refractivity contribution is -0.141. The van der Waals surface area contributed by atoms with Crippen molar-refractivity contribution < 1.29 is 23.8 Å². The van der Waals surface area contributed by atoms with E-state index < -0.39 is 17.9 Å². The second-order valence-electron chi connectivity index (χ2n) is 5.40. The van der Waals surface area contributed by atoms with Crippen molar-refractivity contribution in [2.24, 2.45) is 0 Å². The van der Waals surface area contributed by atoms with Gasteiger partial charge in [-0.1, -0.05) is 30.3 Å². The molecule has 0 bridgehead atoms. The first-order valence-electron chi connectivity index (χ1n) is 7.62. The van der Waals surface area contributed by atoms with Crippen molar-refractivity contribution in [1.29, 1.82) is 0 Å². The lowest BCUT2D eigenvalue weighted by Gasteiger charge is -2.15. The van der Waals surface area contributed by atoms with Gasteiger partial charge in [-0.2, -0.15) is 0 Å². The summed E-state index contributed by atoms with van der Waals surface area (Å²) in [5.74, 6) is -1.68. The van der Waals surface area contributed by atoms with Crippen LogP contribution < -0.4 is 5.32 Å². The first-order valence-corrected chi connectivity index (χ1v) is 7.62. The molecule has 7 heteroatoms. The fourth-order valence-corrected chi connectivity index (χ4v) is 2.28. The number of oxazole rings is 1. The Bertz CT molecular complexity index is 875. The number of fused-ring (bicyclic) bond motifs is 1. The van der Waals surface area contributed by atoms with Crippen LogP contribution in [-0.2, 0) is 16.1 Å². The van der Waals surface area contributed by atoms with Gasteiger partial charge in [0.2, 0.25) is 0 Å². The molecule has 0 aliphatic heterocycles. The zero-order valence-corrected chi connectivity index (χ0v) is 13.2. The third-order valence-electron chi connectivity index (χ3n) is 3.59. The maximum atomic E-state index is 12.3. The van der Waals surface area contributed by atoms with E-state index in [-0.39, 0.29) is 13.2 Å². The zero-order valence-electron chi connectivity index (χ0n) is 13.2. The SMILES string of the molecule is O=C(NC(COCc1ccccc1)C(=O)O)c1ccc2ocnc2c1. The van der Waals surface area contributed by atoms with Crippen LogP contribution in [0.3, 0.4) is 0 Å². The molecule has 0 aliphatic carbocycles. The van der Waals surface area contributed by atoms with Crippen molar-refractivity contribution in [3.63, 3.8) is 0 Å². The molecule has 2 N–H and O–H groups in total. The average Bonchev–Trinajstić information content (AvgIpc) is 3.09. The normalized spacial score (nSPS) is 12.0. The van der Waals surface area contributed by atoms with Crippen LogP contribution in [0.4, 0.5) is 0 Å². The molecule has 2 aromatic carbocycles. The van der Waals surface area contributed by atoms with E-state index in [0.29, 0.717) is 16.7 Å². The minimum absolute atomic E-state index is 0.137. The third-order valence-corrected chi connectivity index (χ3v) is 3.59. The summed E-state index contributed by atoms with van der Waals surface area (Å²) in [4.78, 5) is 27.6. The molecule has 1 unspecified atom stereocenters. The Kier molecular flexibility index (Phi) is 5.06. The van der Waals surface area contributed by atoms with E-state index in [4.69, 9.17) is 9.15 Å². The highest BCUT2D eigenvalue weighted by Crippen LogP contribution is 2.14. The lowest BCUT2D eigenvalue weighted by Crippen LogP contribution is -2.44. The number of carboxylic acid groups (broad SMARTS) is 1. The highest BCUT2D eigenvalue weighted by atomic mass is 16.5. The van der Waals surface area contributed by atoms with Gasteiger partial charge in [-0.25, -0.2) is 9.78 Å². The van der Waals surface area contributed by atoms with Crippen LogP contribution in [0.15, 0.2) is 59.3 Å². The molecular formula is C18H16N2O5. The second kappa shape index (κ2) is 7.59. The molecule has 0 fully saturated rings. The van der Waals surface area contributed by atoms with Gasteiger partial charge in [0.1, 0.15) is 5.52 Å². The highest BCUT2D eigenvalue weighted by Gasteiger charge is 2.21. The molecule has 128 valence electrons. The summed E-state index contributed by atoms with van der Waals surface area (Å²) < 4.78 is 10.5. The van der Waals surface area contributed by atoms with Crippen LogP contribution in [-0.4, -0.2) is 34.6 Å². The largest absolute Gasteiger partial charge is 0.480 e. The summed E-state index contributed by atoms with van der Waals surface area (Å²) in [6.45, 7) is 0.133. The molecule has 25 heavy (non-hydrogen) atoms. The number of nitrogens with zero attached hydrogens (tertiary/aromatic N) is 1. The van der Waals surface area contributed by atoms with Crippen LogP contribution >= 0.6 is 0 Å². The fourth-order valence-electron chi connectivity index (χ4n) is 2.28. The molecule has 0 spiro atoms. The summed E-state index contributed by atoms with van der Waals surface area (Å²) >= 11 is 0. The number of amides is 1. The predicted octanol–water partition coefficient (Wildman–Crippen LogP) is 2.23. The minimum atomic E-state index is -1.16. The van der Waals surface area contributed by atoms with Crippen molar-refractivity contribution in [2.45, 2.75) is 12.6 Å². The van der Waals surface area contributed by atoms with E-state index in [1.54, 1.807) is 12.1 Å². The molecule has 1 aromatic heterocycles. The first kappa shape index (κ1) is 16.7. The zero-order chi connectivity index (χ0) is 17.6.